The van der Waals surface area contributed by atoms with Crippen molar-refractivity contribution in [3.8, 4) is 6.07 Å². The predicted octanol–water partition coefficient (Wildman–Crippen LogP) is 0.748. The first kappa shape index (κ1) is 16.6. The lowest BCUT2D eigenvalue weighted by molar-refractivity contribution is -0.0653. The maximum atomic E-state index is 9.70. The Kier molecular flexibility index (Phi) is 7.20. The molecule has 0 aliphatic rings. The number of nitrogens with zero attached hydrogens (tertiary/aromatic N) is 2. The van der Waals surface area contributed by atoms with Gasteiger partial charge in [-0.05, 0) is 31.7 Å². The van der Waals surface area contributed by atoms with Gasteiger partial charge in [-0.3, -0.25) is 4.90 Å². The van der Waals surface area contributed by atoms with E-state index >= 15 is 0 Å². The van der Waals surface area contributed by atoms with Crippen molar-refractivity contribution < 1.29 is 14.9 Å². The minimum absolute atomic E-state index is 0.317. The highest BCUT2D eigenvalue weighted by Crippen LogP contribution is 2.09. The van der Waals surface area contributed by atoms with Gasteiger partial charge < -0.3 is 14.9 Å². The van der Waals surface area contributed by atoms with E-state index < -0.39 is 12.2 Å². The number of benzene rings is 1. The number of rotatable bonds is 8. The molecule has 1 aromatic rings. The monoisotopic (exact) mass is 278 g/mol. The average molecular weight is 278 g/mol. The van der Waals surface area contributed by atoms with Crippen LogP contribution in [-0.2, 0) is 11.3 Å². The summed E-state index contributed by atoms with van der Waals surface area (Å²) in [5.74, 6) is 0. The smallest absolute Gasteiger partial charge is 0.104 e. The first-order chi connectivity index (χ1) is 9.60. The molecule has 0 aliphatic heterocycles. The summed E-state index contributed by atoms with van der Waals surface area (Å²) in [6, 6.07) is 9.53. The van der Waals surface area contributed by atoms with Crippen LogP contribution < -0.4 is 0 Å². The molecule has 0 saturated heterocycles. The number of hydrogen-bond acceptors (Lipinski definition) is 5. The number of aliphatic hydroxyl groups is 2. The Morgan fingerprint density at radius 2 is 2.20 bits per heavy atom. The molecule has 1 aromatic carbocycles. The molecule has 0 amide bonds. The molecule has 0 saturated carbocycles. The van der Waals surface area contributed by atoms with Crippen LogP contribution in [0.1, 0.15) is 18.1 Å². The molecule has 0 heterocycles. The molecule has 20 heavy (non-hydrogen) atoms. The summed E-state index contributed by atoms with van der Waals surface area (Å²) < 4.78 is 5.44. The van der Waals surface area contributed by atoms with Crippen LogP contribution in [0.2, 0.25) is 0 Å². The lowest BCUT2D eigenvalue weighted by Crippen LogP contribution is -2.41. The number of likely N-dealkylation sites (N-methyl/N-ethyl adjacent to an activating group) is 1. The van der Waals surface area contributed by atoms with E-state index in [-0.39, 0.29) is 6.61 Å². The third-order valence-electron chi connectivity index (χ3n) is 3.00. The summed E-state index contributed by atoms with van der Waals surface area (Å²) in [4.78, 5) is 2.00. The summed E-state index contributed by atoms with van der Waals surface area (Å²) in [7, 11) is 1.91. The Morgan fingerprint density at radius 1 is 1.45 bits per heavy atom. The second-order valence-corrected chi connectivity index (χ2v) is 4.75. The zero-order valence-corrected chi connectivity index (χ0v) is 12.0. The number of ether oxygens (including phenoxy) is 1. The van der Waals surface area contributed by atoms with Gasteiger partial charge in [-0.15, -0.1) is 0 Å². The highest BCUT2D eigenvalue weighted by Gasteiger charge is 2.20. The maximum Gasteiger partial charge on any atom is 0.104 e. The van der Waals surface area contributed by atoms with Crippen LogP contribution in [0.25, 0.3) is 0 Å². The standard InChI is InChI=1S/C15H22N2O3/c1-3-20-15(14(19)11-18)10-17(2)9-13-6-4-5-12(7-13)8-16/h4-7,14-15,18-19H,3,9-11H2,1-2H3/t14?,15-/m1/s1. The van der Waals surface area contributed by atoms with E-state index in [4.69, 9.17) is 15.1 Å². The summed E-state index contributed by atoms with van der Waals surface area (Å²) in [5, 5.41) is 27.6. The van der Waals surface area contributed by atoms with E-state index in [2.05, 4.69) is 6.07 Å². The second kappa shape index (κ2) is 8.67. The van der Waals surface area contributed by atoms with E-state index in [1.54, 1.807) is 6.07 Å². The summed E-state index contributed by atoms with van der Waals surface area (Å²) in [6.07, 6.45) is -1.31. The van der Waals surface area contributed by atoms with E-state index in [1.165, 1.54) is 0 Å². The van der Waals surface area contributed by atoms with E-state index in [0.717, 1.165) is 5.56 Å². The maximum absolute atomic E-state index is 9.70. The van der Waals surface area contributed by atoms with Crippen LogP contribution in [0, 0.1) is 11.3 Å². The molecule has 0 fully saturated rings. The Labute approximate surface area is 120 Å². The van der Waals surface area contributed by atoms with E-state index in [9.17, 15) is 5.11 Å². The summed E-state index contributed by atoms with van der Waals surface area (Å²) in [6.45, 7) is 3.18. The van der Waals surface area contributed by atoms with Crippen LogP contribution in [0.5, 0.6) is 0 Å². The van der Waals surface area contributed by atoms with Gasteiger partial charge in [0.1, 0.15) is 6.10 Å². The molecule has 1 rings (SSSR count). The molecule has 0 aromatic heterocycles. The van der Waals surface area contributed by atoms with Gasteiger partial charge in [0.05, 0.1) is 24.3 Å². The van der Waals surface area contributed by atoms with Crippen molar-refractivity contribution in [3.05, 3.63) is 35.4 Å². The van der Waals surface area contributed by atoms with Crippen molar-refractivity contribution in [2.75, 3.05) is 26.8 Å². The van der Waals surface area contributed by atoms with Gasteiger partial charge >= 0.3 is 0 Å². The summed E-state index contributed by atoms with van der Waals surface area (Å²) in [5.41, 5.74) is 1.66. The summed E-state index contributed by atoms with van der Waals surface area (Å²) >= 11 is 0. The highest BCUT2D eigenvalue weighted by molar-refractivity contribution is 5.32. The topological polar surface area (TPSA) is 76.7 Å². The Morgan fingerprint density at radius 3 is 2.80 bits per heavy atom. The average Bonchev–Trinajstić information content (AvgIpc) is 2.46. The fourth-order valence-electron chi connectivity index (χ4n) is 2.04. The number of hydrogen-bond donors (Lipinski definition) is 2. The van der Waals surface area contributed by atoms with Crippen LogP contribution >= 0.6 is 0 Å². The van der Waals surface area contributed by atoms with Crippen molar-refractivity contribution in [1.82, 2.24) is 4.90 Å². The minimum atomic E-state index is -0.886. The van der Waals surface area contributed by atoms with Crippen LogP contribution in [-0.4, -0.2) is 54.1 Å². The third kappa shape index (κ3) is 5.27. The fraction of sp³-hybridized carbons (Fsp3) is 0.533. The van der Waals surface area contributed by atoms with Gasteiger partial charge in [-0.1, -0.05) is 12.1 Å². The SMILES string of the molecule is CCO[C@H](CN(C)Cc1cccc(C#N)c1)C(O)CO. The van der Waals surface area contributed by atoms with Crippen molar-refractivity contribution in [2.45, 2.75) is 25.7 Å². The van der Waals surface area contributed by atoms with E-state index in [1.807, 2.05) is 37.1 Å². The zero-order valence-electron chi connectivity index (χ0n) is 12.0. The van der Waals surface area contributed by atoms with Gasteiger partial charge in [0, 0.05) is 19.7 Å². The zero-order chi connectivity index (χ0) is 15.0. The largest absolute Gasteiger partial charge is 0.394 e. The van der Waals surface area contributed by atoms with Crippen LogP contribution in [0.3, 0.4) is 0 Å². The third-order valence-corrected chi connectivity index (χ3v) is 3.00. The number of nitriles is 1. The fourth-order valence-corrected chi connectivity index (χ4v) is 2.04. The first-order valence-electron chi connectivity index (χ1n) is 6.68. The molecular formula is C15H22N2O3. The lowest BCUT2D eigenvalue weighted by Gasteiger charge is -2.26. The van der Waals surface area contributed by atoms with Crippen molar-refractivity contribution in [2.24, 2.45) is 0 Å². The molecule has 0 radical (unpaired) electrons. The van der Waals surface area contributed by atoms with Crippen molar-refractivity contribution in [1.29, 1.82) is 5.26 Å². The molecule has 2 N–H and O–H groups in total. The molecule has 0 bridgehead atoms. The first-order valence-corrected chi connectivity index (χ1v) is 6.68. The molecule has 0 aliphatic carbocycles. The van der Waals surface area contributed by atoms with Crippen molar-refractivity contribution in [3.63, 3.8) is 0 Å². The molecule has 5 nitrogen and oxygen atoms in total. The molecule has 1 unspecified atom stereocenters. The molecule has 2 atom stereocenters. The quantitative estimate of drug-likeness (QED) is 0.734. The van der Waals surface area contributed by atoms with Gasteiger partial charge in [0.15, 0.2) is 0 Å². The van der Waals surface area contributed by atoms with Crippen LogP contribution in [0.4, 0.5) is 0 Å². The molecule has 5 heteroatoms. The van der Waals surface area contributed by atoms with Gasteiger partial charge in [0.2, 0.25) is 0 Å². The van der Waals surface area contributed by atoms with Gasteiger partial charge in [0.25, 0.3) is 0 Å². The highest BCUT2D eigenvalue weighted by atomic mass is 16.5. The molecule has 0 spiro atoms. The molecular weight excluding hydrogens is 256 g/mol. The Bertz CT molecular complexity index is 445. The lowest BCUT2D eigenvalue weighted by atomic mass is 10.1. The Hall–Kier alpha value is -1.45. The van der Waals surface area contributed by atoms with Gasteiger partial charge in [-0.25, -0.2) is 0 Å². The van der Waals surface area contributed by atoms with Gasteiger partial charge in [-0.2, -0.15) is 5.26 Å². The Balaban J connectivity index is 2.60. The van der Waals surface area contributed by atoms with E-state index in [0.29, 0.717) is 25.3 Å². The normalized spacial score (nSPS) is 14.0. The number of aliphatic hydroxyl groups excluding tert-OH is 2. The second-order valence-electron chi connectivity index (χ2n) is 4.75. The van der Waals surface area contributed by atoms with Crippen LogP contribution in [0.15, 0.2) is 24.3 Å². The minimum Gasteiger partial charge on any atom is -0.394 e. The van der Waals surface area contributed by atoms with Crippen molar-refractivity contribution >= 4 is 0 Å². The predicted molar refractivity (Wildman–Crippen MR) is 76.0 cm³/mol. The molecule has 110 valence electrons.